The molecule has 8 rings (SSSR count). The molecule has 50 heavy (non-hydrogen) atoms. The molecule has 0 aliphatic carbocycles. The number of hydrogen-bond acceptors (Lipinski definition) is 1. The zero-order chi connectivity index (χ0) is 34.2. The van der Waals surface area contributed by atoms with E-state index in [9.17, 15) is 4.39 Å². The Hall–Kier alpha value is -5.57. The number of nitrogens with zero attached hydrogens (tertiary/aromatic N) is 2. The molecule has 8 aromatic rings. The van der Waals surface area contributed by atoms with E-state index in [1.165, 1.54) is 28.0 Å². The van der Waals surface area contributed by atoms with Crippen LogP contribution in [0.1, 0.15) is 25.6 Å². The number of pyridine rings is 1. The second-order valence-corrected chi connectivity index (χ2v) is 16.5. The smallest absolute Gasteiger partial charge is 0.280 e. The highest BCUT2D eigenvalue weighted by Gasteiger charge is 2.47. The SMILES string of the molecule is CC(C)n1c(C[P+](c2ccccc2)(c2ccccc2)c2ccccc2)c(-c2ccc(F)cc2)c2c3ccccc3n(-c3ccccc3)c(=O)c21. The van der Waals surface area contributed by atoms with Crippen LogP contribution < -0.4 is 21.5 Å². The Kier molecular flexibility index (Phi) is 8.26. The summed E-state index contributed by atoms with van der Waals surface area (Å²) in [5, 5.41) is 5.66. The standard InChI is InChI=1S/C45H37FN2OP/c1-32(2)47-41(31-50(36-19-9-4-10-20-36,37-21-11-5-12-22-37)38-23-13-6-14-24-38)42(33-27-29-34(46)30-28-33)43-39-25-15-16-26-40(39)48(45(49)44(43)47)35-17-7-3-8-18-35/h3-30,32H,31H2,1-2H3/q+1. The lowest BCUT2D eigenvalue weighted by molar-refractivity contribution is 0.603. The van der Waals surface area contributed by atoms with E-state index in [1.54, 1.807) is 0 Å². The van der Waals surface area contributed by atoms with Gasteiger partial charge >= 0.3 is 0 Å². The molecule has 0 saturated carbocycles. The van der Waals surface area contributed by atoms with Crippen molar-refractivity contribution in [2.75, 3.05) is 0 Å². The largest absolute Gasteiger partial charge is 0.334 e. The van der Waals surface area contributed by atoms with Crippen molar-refractivity contribution in [3.63, 3.8) is 0 Å². The molecule has 0 aliphatic rings. The predicted molar refractivity (Wildman–Crippen MR) is 210 cm³/mol. The van der Waals surface area contributed by atoms with Crippen molar-refractivity contribution < 1.29 is 4.39 Å². The monoisotopic (exact) mass is 671 g/mol. The number of hydrogen-bond donors (Lipinski definition) is 0. The molecule has 0 amide bonds. The number of rotatable bonds is 8. The topological polar surface area (TPSA) is 26.9 Å². The van der Waals surface area contributed by atoms with Crippen LogP contribution in [0.5, 0.6) is 0 Å². The summed E-state index contributed by atoms with van der Waals surface area (Å²) in [5.41, 5.74) is 5.17. The van der Waals surface area contributed by atoms with E-state index in [2.05, 4.69) is 115 Å². The highest BCUT2D eigenvalue weighted by Crippen LogP contribution is 2.60. The van der Waals surface area contributed by atoms with Crippen LogP contribution >= 0.6 is 7.26 Å². The fourth-order valence-electron chi connectivity index (χ4n) is 7.69. The van der Waals surface area contributed by atoms with Crippen molar-refractivity contribution in [1.82, 2.24) is 9.13 Å². The third kappa shape index (κ3) is 5.19. The van der Waals surface area contributed by atoms with Gasteiger partial charge in [-0.1, -0.05) is 103 Å². The van der Waals surface area contributed by atoms with Crippen LogP contribution in [0.2, 0.25) is 0 Å². The first-order valence-electron chi connectivity index (χ1n) is 17.1. The zero-order valence-corrected chi connectivity index (χ0v) is 29.0. The van der Waals surface area contributed by atoms with Crippen molar-refractivity contribution in [1.29, 1.82) is 0 Å². The highest BCUT2D eigenvalue weighted by atomic mass is 31.2. The molecule has 0 unspecified atom stereocenters. The van der Waals surface area contributed by atoms with Gasteiger partial charge < -0.3 is 4.57 Å². The minimum absolute atomic E-state index is 0.0518. The Bertz CT molecular complexity index is 2390. The van der Waals surface area contributed by atoms with Crippen LogP contribution in [0.3, 0.4) is 0 Å². The Morgan fingerprint density at radius 1 is 0.600 bits per heavy atom. The van der Waals surface area contributed by atoms with Gasteiger partial charge in [0.25, 0.3) is 5.56 Å². The van der Waals surface area contributed by atoms with Gasteiger partial charge in [-0.15, -0.1) is 0 Å². The second-order valence-electron chi connectivity index (χ2n) is 13.0. The summed E-state index contributed by atoms with van der Waals surface area (Å²) in [4.78, 5) is 15.2. The quantitative estimate of drug-likeness (QED) is 0.148. The molecule has 0 saturated heterocycles. The van der Waals surface area contributed by atoms with Crippen LogP contribution in [-0.4, -0.2) is 9.13 Å². The van der Waals surface area contributed by atoms with Crippen LogP contribution in [0.25, 0.3) is 38.6 Å². The second kappa shape index (κ2) is 13.0. The summed E-state index contributed by atoms with van der Waals surface area (Å²) in [6.45, 7) is 4.32. The average Bonchev–Trinajstić information content (AvgIpc) is 3.51. The molecule has 0 radical (unpaired) electrons. The van der Waals surface area contributed by atoms with Gasteiger partial charge in [0.2, 0.25) is 0 Å². The molecule has 6 aromatic carbocycles. The van der Waals surface area contributed by atoms with E-state index in [4.69, 9.17) is 0 Å². The number of para-hydroxylation sites is 2. The van der Waals surface area contributed by atoms with Crippen LogP contribution in [0, 0.1) is 5.82 Å². The van der Waals surface area contributed by atoms with Gasteiger partial charge in [0, 0.05) is 28.1 Å². The molecule has 2 aromatic heterocycles. The Morgan fingerprint density at radius 3 is 1.60 bits per heavy atom. The fraction of sp³-hybridized carbons (Fsp3) is 0.0889. The average molecular weight is 672 g/mol. The summed E-state index contributed by atoms with van der Waals surface area (Å²) in [7, 11) is -2.40. The maximum atomic E-state index is 15.2. The number of halogens is 1. The third-order valence-electron chi connectivity index (χ3n) is 9.77. The number of aromatic nitrogens is 2. The first kappa shape index (κ1) is 31.7. The molecule has 0 fully saturated rings. The van der Waals surface area contributed by atoms with Gasteiger partial charge in [-0.05, 0) is 86.1 Å². The zero-order valence-electron chi connectivity index (χ0n) is 28.1. The molecule has 2 heterocycles. The van der Waals surface area contributed by atoms with Gasteiger partial charge in [-0.25, -0.2) is 4.39 Å². The van der Waals surface area contributed by atoms with Gasteiger partial charge in [0.05, 0.1) is 11.2 Å². The molecule has 0 atom stereocenters. The van der Waals surface area contributed by atoms with Crippen molar-refractivity contribution in [3.8, 4) is 16.8 Å². The molecular weight excluding hydrogens is 634 g/mol. The van der Waals surface area contributed by atoms with E-state index < -0.39 is 7.26 Å². The van der Waals surface area contributed by atoms with Gasteiger partial charge in [-0.2, -0.15) is 0 Å². The molecule has 0 bridgehead atoms. The summed E-state index contributed by atoms with van der Waals surface area (Å²) >= 11 is 0. The summed E-state index contributed by atoms with van der Waals surface area (Å²) in [6.07, 6.45) is 0.656. The first-order chi connectivity index (χ1) is 24.5. The number of benzene rings is 6. The summed E-state index contributed by atoms with van der Waals surface area (Å²) in [6, 6.07) is 57.3. The minimum atomic E-state index is -2.40. The van der Waals surface area contributed by atoms with E-state index in [0.717, 1.165) is 38.8 Å². The van der Waals surface area contributed by atoms with Crippen molar-refractivity contribution in [2.24, 2.45) is 0 Å². The normalized spacial score (nSPS) is 11.8. The Balaban J connectivity index is 1.58. The fourth-order valence-corrected chi connectivity index (χ4v) is 11.9. The van der Waals surface area contributed by atoms with E-state index in [0.29, 0.717) is 11.7 Å². The van der Waals surface area contributed by atoms with Crippen molar-refractivity contribution >= 4 is 45.0 Å². The van der Waals surface area contributed by atoms with Gasteiger partial charge in [-0.3, -0.25) is 9.36 Å². The van der Waals surface area contributed by atoms with Crippen molar-refractivity contribution in [3.05, 3.63) is 192 Å². The van der Waals surface area contributed by atoms with Crippen molar-refractivity contribution in [2.45, 2.75) is 26.1 Å². The molecule has 5 heteroatoms. The Morgan fingerprint density at radius 2 is 1.08 bits per heavy atom. The van der Waals surface area contributed by atoms with Crippen LogP contribution in [0.15, 0.2) is 175 Å². The minimum Gasteiger partial charge on any atom is -0.334 e. The molecule has 0 N–H and O–H groups in total. The lowest BCUT2D eigenvalue weighted by atomic mass is 9.99. The lowest BCUT2D eigenvalue weighted by Gasteiger charge is -2.29. The van der Waals surface area contributed by atoms with E-state index in [1.807, 2.05) is 65.2 Å². The van der Waals surface area contributed by atoms with Gasteiger partial charge in [0.15, 0.2) is 0 Å². The molecule has 0 aliphatic heterocycles. The van der Waals surface area contributed by atoms with E-state index in [-0.39, 0.29) is 17.4 Å². The lowest BCUT2D eigenvalue weighted by Crippen LogP contribution is -2.33. The molecule has 0 spiro atoms. The van der Waals surface area contributed by atoms with Gasteiger partial charge in [0.1, 0.15) is 40.7 Å². The molecular formula is C45H37FN2OP+. The summed E-state index contributed by atoms with van der Waals surface area (Å²) in [5.74, 6) is -0.293. The Labute approximate surface area is 292 Å². The maximum absolute atomic E-state index is 15.2. The molecule has 3 nitrogen and oxygen atoms in total. The van der Waals surface area contributed by atoms with Crippen LogP contribution in [-0.2, 0) is 6.16 Å². The molecule has 244 valence electrons. The predicted octanol–water partition coefficient (Wildman–Crippen LogP) is 9.83. The van der Waals surface area contributed by atoms with E-state index >= 15 is 4.79 Å². The van der Waals surface area contributed by atoms with Crippen LogP contribution in [0.4, 0.5) is 4.39 Å². The summed E-state index contributed by atoms with van der Waals surface area (Å²) < 4.78 is 18.7. The number of fused-ring (bicyclic) bond motifs is 3. The third-order valence-corrected chi connectivity index (χ3v) is 14.1. The first-order valence-corrected chi connectivity index (χ1v) is 19.0. The maximum Gasteiger partial charge on any atom is 0.280 e. The highest BCUT2D eigenvalue weighted by molar-refractivity contribution is 7.95.